The van der Waals surface area contributed by atoms with Crippen molar-refractivity contribution in [2.24, 2.45) is 5.92 Å². The predicted octanol–water partition coefficient (Wildman–Crippen LogP) is 4.63. The number of hydrogen-bond donors (Lipinski definition) is 1. The summed E-state index contributed by atoms with van der Waals surface area (Å²) < 4.78 is 11.5. The van der Waals surface area contributed by atoms with Crippen molar-refractivity contribution in [2.75, 3.05) is 20.2 Å². The van der Waals surface area contributed by atoms with Gasteiger partial charge >= 0.3 is 0 Å². The summed E-state index contributed by atoms with van der Waals surface area (Å²) in [5.41, 5.74) is 3.34. The highest BCUT2D eigenvalue weighted by molar-refractivity contribution is 5.79. The Morgan fingerprint density at radius 3 is 2.68 bits per heavy atom. The molecule has 1 fully saturated rings. The van der Waals surface area contributed by atoms with Gasteiger partial charge in [0.25, 0.3) is 0 Å². The summed E-state index contributed by atoms with van der Waals surface area (Å²) in [7, 11) is 1.65. The lowest BCUT2D eigenvalue weighted by Gasteiger charge is -2.39. The van der Waals surface area contributed by atoms with Gasteiger partial charge < -0.3 is 14.8 Å². The number of rotatable bonds is 5. The van der Waals surface area contributed by atoms with Crippen molar-refractivity contribution in [3.05, 3.63) is 59.2 Å². The molecule has 1 atom stereocenters. The third-order valence-electron chi connectivity index (χ3n) is 6.44. The SMILES string of the molecule is COc1ccc2c(c1)OC(C)(C)CC2NC(=O)C1CCN(Cc2cccc(C)c2)CC1. The largest absolute Gasteiger partial charge is 0.497 e. The highest BCUT2D eigenvalue weighted by atomic mass is 16.5. The number of piperidine rings is 1. The minimum atomic E-state index is -0.339. The highest BCUT2D eigenvalue weighted by Crippen LogP contribution is 2.41. The topological polar surface area (TPSA) is 50.8 Å². The monoisotopic (exact) mass is 422 g/mol. The summed E-state index contributed by atoms with van der Waals surface area (Å²) in [6.45, 7) is 9.14. The number of aryl methyl sites for hydroxylation is 1. The quantitative estimate of drug-likeness (QED) is 0.763. The van der Waals surface area contributed by atoms with Crippen molar-refractivity contribution in [3.63, 3.8) is 0 Å². The number of nitrogens with one attached hydrogen (secondary N) is 1. The molecule has 2 aromatic carbocycles. The summed E-state index contributed by atoms with van der Waals surface area (Å²) in [5, 5.41) is 3.33. The van der Waals surface area contributed by atoms with Gasteiger partial charge in [-0.05, 0) is 64.4 Å². The smallest absolute Gasteiger partial charge is 0.223 e. The minimum Gasteiger partial charge on any atom is -0.497 e. The van der Waals surface area contributed by atoms with E-state index in [0.717, 1.165) is 56.0 Å². The molecule has 31 heavy (non-hydrogen) atoms. The van der Waals surface area contributed by atoms with Crippen molar-refractivity contribution >= 4 is 5.91 Å². The zero-order valence-corrected chi connectivity index (χ0v) is 19.1. The van der Waals surface area contributed by atoms with Crippen LogP contribution in [0.3, 0.4) is 0 Å². The van der Waals surface area contributed by atoms with E-state index < -0.39 is 0 Å². The molecule has 1 amide bonds. The first-order valence-corrected chi connectivity index (χ1v) is 11.3. The lowest BCUT2D eigenvalue weighted by atomic mass is 9.88. The van der Waals surface area contributed by atoms with Gasteiger partial charge in [-0.15, -0.1) is 0 Å². The summed E-state index contributed by atoms with van der Waals surface area (Å²) >= 11 is 0. The number of nitrogens with zero attached hydrogens (tertiary/aromatic N) is 1. The van der Waals surface area contributed by atoms with Crippen LogP contribution in [0.15, 0.2) is 42.5 Å². The third kappa shape index (κ3) is 5.21. The van der Waals surface area contributed by atoms with E-state index in [0.29, 0.717) is 0 Å². The number of likely N-dealkylation sites (tertiary alicyclic amines) is 1. The Morgan fingerprint density at radius 2 is 1.97 bits per heavy atom. The predicted molar refractivity (Wildman–Crippen MR) is 122 cm³/mol. The van der Waals surface area contributed by atoms with Gasteiger partial charge in [0.05, 0.1) is 13.2 Å². The fraction of sp³-hybridized carbons (Fsp3) is 0.500. The zero-order chi connectivity index (χ0) is 22.0. The number of carbonyl (C=O) groups is 1. The average molecular weight is 423 g/mol. The van der Waals surface area contributed by atoms with Crippen LogP contribution in [0.25, 0.3) is 0 Å². The Kier molecular flexibility index (Phi) is 6.24. The van der Waals surface area contributed by atoms with Crippen LogP contribution in [-0.2, 0) is 11.3 Å². The highest BCUT2D eigenvalue weighted by Gasteiger charge is 2.36. The molecule has 2 aliphatic rings. The molecule has 1 saturated heterocycles. The summed E-state index contributed by atoms with van der Waals surface area (Å²) in [6, 6.07) is 14.5. The van der Waals surface area contributed by atoms with E-state index in [4.69, 9.17) is 9.47 Å². The van der Waals surface area contributed by atoms with E-state index in [1.165, 1.54) is 11.1 Å². The van der Waals surface area contributed by atoms with Gasteiger partial charge in [0, 0.05) is 30.5 Å². The standard InChI is InChI=1S/C26H34N2O3/c1-18-6-5-7-19(14-18)17-28-12-10-20(11-13-28)25(29)27-23-16-26(2,3)31-24-15-21(30-4)8-9-22(23)24/h5-9,14-15,20,23H,10-13,16-17H2,1-4H3,(H,27,29). The van der Waals surface area contributed by atoms with Crippen LogP contribution >= 0.6 is 0 Å². The van der Waals surface area contributed by atoms with Crippen molar-refractivity contribution < 1.29 is 14.3 Å². The Morgan fingerprint density at radius 1 is 1.19 bits per heavy atom. The molecule has 4 rings (SSSR count). The van der Waals surface area contributed by atoms with Crippen LogP contribution in [0.4, 0.5) is 0 Å². The lowest BCUT2D eigenvalue weighted by Crippen LogP contribution is -2.45. The molecular weight excluding hydrogens is 388 g/mol. The molecule has 0 radical (unpaired) electrons. The van der Waals surface area contributed by atoms with Crippen molar-refractivity contribution in [1.29, 1.82) is 0 Å². The number of ether oxygens (including phenoxy) is 2. The van der Waals surface area contributed by atoms with Crippen LogP contribution in [0.5, 0.6) is 11.5 Å². The second-order valence-corrected chi connectivity index (χ2v) is 9.57. The molecule has 2 aliphatic heterocycles. The van der Waals surface area contributed by atoms with Crippen LogP contribution in [0, 0.1) is 12.8 Å². The van der Waals surface area contributed by atoms with Gasteiger partial charge in [0.15, 0.2) is 0 Å². The van der Waals surface area contributed by atoms with Gasteiger partial charge in [0.2, 0.25) is 5.91 Å². The molecule has 0 bridgehead atoms. The van der Waals surface area contributed by atoms with Crippen LogP contribution in [0.2, 0.25) is 0 Å². The molecule has 166 valence electrons. The molecule has 0 spiro atoms. The second-order valence-electron chi connectivity index (χ2n) is 9.57. The van der Waals surface area contributed by atoms with Gasteiger partial charge in [-0.25, -0.2) is 0 Å². The van der Waals surface area contributed by atoms with Crippen molar-refractivity contribution in [2.45, 2.75) is 58.2 Å². The third-order valence-corrected chi connectivity index (χ3v) is 6.44. The maximum absolute atomic E-state index is 13.1. The van der Waals surface area contributed by atoms with Gasteiger partial charge in [0.1, 0.15) is 17.1 Å². The maximum atomic E-state index is 13.1. The van der Waals surface area contributed by atoms with Crippen LogP contribution < -0.4 is 14.8 Å². The zero-order valence-electron chi connectivity index (χ0n) is 19.1. The van der Waals surface area contributed by atoms with Gasteiger partial charge in [-0.1, -0.05) is 29.8 Å². The number of fused-ring (bicyclic) bond motifs is 1. The Labute approximate surface area is 185 Å². The van der Waals surface area contributed by atoms with Crippen LogP contribution in [0.1, 0.15) is 55.8 Å². The summed E-state index contributed by atoms with van der Waals surface area (Å²) in [4.78, 5) is 15.6. The second kappa shape index (κ2) is 8.91. The average Bonchev–Trinajstić information content (AvgIpc) is 2.73. The lowest BCUT2D eigenvalue weighted by molar-refractivity contribution is -0.127. The molecule has 0 saturated carbocycles. The summed E-state index contributed by atoms with van der Waals surface area (Å²) in [5.74, 6) is 1.80. The van der Waals surface area contributed by atoms with E-state index >= 15 is 0 Å². The maximum Gasteiger partial charge on any atom is 0.223 e. The molecule has 5 nitrogen and oxygen atoms in total. The molecule has 1 unspecified atom stereocenters. The first-order valence-electron chi connectivity index (χ1n) is 11.3. The van der Waals surface area contributed by atoms with Crippen LogP contribution in [-0.4, -0.2) is 36.6 Å². The van der Waals surface area contributed by atoms with E-state index in [2.05, 4.69) is 55.3 Å². The van der Waals surface area contributed by atoms with Gasteiger partial charge in [-0.3, -0.25) is 9.69 Å². The molecule has 2 heterocycles. The van der Waals surface area contributed by atoms with Gasteiger partial charge in [-0.2, -0.15) is 0 Å². The first-order chi connectivity index (χ1) is 14.8. The number of amides is 1. The number of methoxy groups -OCH3 is 1. The number of benzene rings is 2. The normalized spacial score (nSPS) is 21.1. The molecule has 1 N–H and O–H groups in total. The fourth-order valence-electron chi connectivity index (χ4n) is 4.80. The fourth-order valence-corrected chi connectivity index (χ4v) is 4.80. The first kappa shape index (κ1) is 21.7. The molecular formula is C26H34N2O3. The molecule has 0 aliphatic carbocycles. The Hall–Kier alpha value is -2.53. The Balaban J connectivity index is 1.37. The number of carbonyl (C=O) groups excluding carboxylic acids is 1. The van der Waals surface area contributed by atoms with E-state index in [1.54, 1.807) is 7.11 Å². The Bertz CT molecular complexity index is 932. The summed E-state index contributed by atoms with van der Waals surface area (Å²) in [6.07, 6.45) is 2.56. The number of hydrogen-bond acceptors (Lipinski definition) is 4. The van der Waals surface area contributed by atoms with E-state index in [9.17, 15) is 4.79 Å². The molecule has 2 aromatic rings. The molecule has 5 heteroatoms. The van der Waals surface area contributed by atoms with E-state index in [1.807, 2.05) is 18.2 Å². The minimum absolute atomic E-state index is 0.0394. The van der Waals surface area contributed by atoms with Crippen molar-refractivity contribution in [3.8, 4) is 11.5 Å². The van der Waals surface area contributed by atoms with Crippen molar-refractivity contribution in [1.82, 2.24) is 10.2 Å². The molecule has 0 aromatic heterocycles. The van der Waals surface area contributed by atoms with E-state index in [-0.39, 0.29) is 23.5 Å².